The smallest absolute Gasteiger partial charge is 0.269 e. The molecule has 2 unspecified atom stereocenters. The second kappa shape index (κ2) is 7.15. The Morgan fingerprint density at radius 3 is 2.28 bits per heavy atom. The minimum absolute atomic E-state index is 0.0856. The molecule has 5 rings (SSSR count). The van der Waals surface area contributed by atoms with Crippen molar-refractivity contribution in [3.05, 3.63) is 69.0 Å². The third kappa shape index (κ3) is 2.86. The van der Waals surface area contributed by atoms with Gasteiger partial charge in [-0.05, 0) is 49.4 Å². The Morgan fingerprint density at radius 2 is 1.62 bits per heavy atom. The lowest BCUT2D eigenvalue weighted by atomic mass is 9.68. The molecule has 0 radical (unpaired) electrons. The molecule has 2 N–H and O–H groups in total. The highest BCUT2D eigenvalue weighted by Gasteiger charge is 2.68. The number of fused-ring (bicyclic) bond motifs is 6. The van der Waals surface area contributed by atoms with E-state index in [0.717, 1.165) is 17.7 Å². The van der Waals surface area contributed by atoms with Crippen LogP contribution in [0.15, 0.2) is 36.4 Å². The zero-order valence-corrected chi connectivity index (χ0v) is 19.4. The molecule has 164 valence electrons. The van der Waals surface area contributed by atoms with Gasteiger partial charge in [-0.2, -0.15) is 0 Å². The quantitative estimate of drug-likeness (QED) is 0.525. The highest BCUT2D eigenvalue weighted by molar-refractivity contribution is 6.42. The van der Waals surface area contributed by atoms with Crippen molar-refractivity contribution in [3.63, 3.8) is 0 Å². The SMILES string of the molecule is Cc1ccc(C(=O)NNC(=O)C23CCC(c4nc5cc(Cl)c(Cl)cc5nc42)C3(C)C)cc1. The maximum Gasteiger partial charge on any atom is 0.269 e. The normalized spacial score (nSPS) is 22.6. The first-order chi connectivity index (χ1) is 15.1. The molecule has 1 aromatic heterocycles. The molecule has 6 nitrogen and oxygen atoms in total. The zero-order chi connectivity index (χ0) is 22.8. The number of hydrazine groups is 1. The molecule has 8 heteroatoms. The third-order valence-electron chi connectivity index (χ3n) is 7.24. The number of nitrogens with zero attached hydrogens (tertiary/aromatic N) is 2. The predicted molar refractivity (Wildman–Crippen MR) is 124 cm³/mol. The van der Waals surface area contributed by atoms with Gasteiger partial charge < -0.3 is 0 Å². The Hall–Kier alpha value is -2.70. The van der Waals surface area contributed by atoms with E-state index in [1.807, 2.05) is 19.1 Å². The fourth-order valence-electron chi connectivity index (χ4n) is 5.38. The lowest BCUT2D eigenvalue weighted by Gasteiger charge is -2.36. The Labute approximate surface area is 195 Å². The van der Waals surface area contributed by atoms with E-state index in [1.165, 1.54) is 0 Å². The largest absolute Gasteiger partial charge is 0.272 e. The standard InChI is InChI=1S/C24H22Cl2N4O2/c1-12-4-6-13(7-5-12)21(31)29-30-22(32)24-9-8-14(23(24,2)3)19-20(24)28-18-11-16(26)15(25)10-17(18)27-19/h4-7,10-11,14H,8-9H2,1-3H3,(H,29,31)(H,30,32). The molecule has 2 aliphatic carbocycles. The summed E-state index contributed by atoms with van der Waals surface area (Å²) in [5.74, 6) is -0.563. The van der Waals surface area contributed by atoms with E-state index in [-0.39, 0.29) is 17.7 Å². The van der Waals surface area contributed by atoms with Gasteiger partial charge in [-0.25, -0.2) is 9.97 Å². The molecular weight excluding hydrogens is 447 g/mol. The molecular formula is C24H22Cl2N4O2. The van der Waals surface area contributed by atoms with Gasteiger partial charge in [-0.15, -0.1) is 0 Å². The molecule has 0 saturated heterocycles. The molecule has 2 aliphatic rings. The van der Waals surface area contributed by atoms with Crippen LogP contribution >= 0.6 is 23.2 Å². The van der Waals surface area contributed by atoms with Crippen LogP contribution < -0.4 is 10.9 Å². The van der Waals surface area contributed by atoms with Crippen molar-refractivity contribution in [3.8, 4) is 0 Å². The van der Waals surface area contributed by atoms with Crippen LogP contribution in [0.5, 0.6) is 0 Å². The highest BCUT2D eigenvalue weighted by atomic mass is 35.5. The van der Waals surface area contributed by atoms with Gasteiger partial charge in [0.05, 0.1) is 32.5 Å². The number of aryl methyl sites for hydroxylation is 1. The van der Waals surface area contributed by atoms with Crippen molar-refractivity contribution in [2.75, 3.05) is 0 Å². The molecule has 3 aromatic rings. The molecule has 2 bridgehead atoms. The molecule has 1 fully saturated rings. The van der Waals surface area contributed by atoms with Crippen molar-refractivity contribution in [2.45, 2.75) is 44.9 Å². The van der Waals surface area contributed by atoms with Crippen LogP contribution in [0.1, 0.15) is 59.9 Å². The summed E-state index contributed by atoms with van der Waals surface area (Å²) in [4.78, 5) is 35.8. The van der Waals surface area contributed by atoms with Gasteiger partial charge in [-0.3, -0.25) is 20.4 Å². The van der Waals surface area contributed by atoms with Gasteiger partial charge in [0.2, 0.25) is 0 Å². The van der Waals surface area contributed by atoms with E-state index >= 15 is 0 Å². The number of nitrogens with one attached hydrogen (secondary N) is 2. The van der Waals surface area contributed by atoms with Gasteiger partial charge in [0.1, 0.15) is 5.41 Å². The monoisotopic (exact) mass is 468 g/mol. The predicted octanol–water partition coefficient (Wildman–Crippen LogP) is 4.86. The number of carbonyl (C=O) groups is 2. The maximum atomic E-state index is 13.6. The summed E-state index contributed by atoms with van der Waals surface area (Å²) >= 11 is 12.4. The zero-order valence-electron chi connectivity index (χ0n) is 17.9. The van der Waals surface area contributed by atoms with Crippen LogP contribution in [-0.2, 0) is 10.2 Å². The van der Waals surface area contributed by atoms with Crippen molar-refractivity contribution in [1.82, 2.24) is 20.8 Å². The topological polar surface area (TPSA) is 84.0 Å². The molecule has 1 saturated carbocycles. The van der Waals surface area contributed by atoms with E-state index in [9.17, 15) is 9.59 Å². The second-order valence-corrected chi connectivity index (χ2v) is 10.0. The number of rotatable bonds is 2. The average molecular weight is 469 g/mol. The molecule has 2 amide bonds. The summed E-state index contributed by atoms with van der Waals surface area (Å²) < 4.78 is 0. The number of hydrogen-bond donors (Lipinski definition) is 2. The fraction of sp³-hybridized carbons (Fsp3) is 0.333. The third-order valence-corrected chi connectivity index (χ3v) is 7.96. The molecule has 0 aliphatic heterocycles. The van der Waals surface area contributed by atoms with E-state index in [1.54, 1.807) is 24.3 Å². The second-order valence-electron chi connectivity index (χ2n) is 9.21. The lowest BCUT2D eigenvalue weighted by molar-refractivity contribution is -0.130. The first-order valence-corrected chi connectivity index (χ1v) is 11.3. The summed E-state index contributed by atoms with van der Waals surface area (Å²) in [5.41, 5.74) is 8.18. The Morgan fingerprint density at radius 1 is 1.00 bits per heavy atom. The number of aromatic nitrogens is 2. The summed E-state index contributed by atoms with van der Waals surface area (Å²) in [6.45, 7) is 6.09. The molecule has 1 heterocycles. The summed E-state index contributed by atoms with van der Waals surface area (Å²) in [7, 11) is 0. The molecule has 2 atom stereocenters. The van der Waals surface area contributed by atoms with Gasteiger partial charge in [0.25, 0.3) is 11.8 Å². The van der Waals surface area contributed by atoms with Gasteiger partial charge in [0, 0.05) is 11.5 Å². The van der Waals surface area contributed by atoms with E-state index in [4.69, 9.17) is 33.2 Å². The Bertz CT molecular complexity index is 1290. The summed E-state index contributed by atoms with van der Waals surface area (Å²) in [6.07, 6.45) is 1.45. The Balaban J connectivity index is 1.51. The van der Waals surface area contributed by atoms with E-state index in [0.29, 0.717) is 38.8 Å². The molecule has 2 aromatic carbocycles. The minimum atomic E-state index is -0.902. The van der Waals surface area contributed by atoms with Crippen LogP contribution in [0.3, 0.4) is 0 Å². The van der Waals surface area contributed by atoms with Crippen LogP contribution in [0.4, 0.5) is 0 Å². The molecule has 32 heavy (non-hydrogen) atoms. The number of amides is 2. The van der Waals surface area contributed by atoms with Crippen molar-refractivity contribution >= 4 is 46.0 Å². The van der Waals surface area contributed by atoms with Crippen molar-refractivity contribution in [2.24, 2.45) is 5.41 Å². The van der Waals surface area contributed by atoms with Gasteiger partial charge in [0.15, 0.2) is 0 Å². The first-order valence-electron chi connectivity index (χ1n) is 10.5. The van der Waals surface area contributed by atoms with Crippen LogP contribution in [0.25, 0.3) is 11.0 Å². The fourth-order valence-corrected chi connectivity index (χ4v) is 5.69. The number of hydrogen-bond acceptors (Lipinski definition) is 4. The van der Waals surface area contributed by atoms with Gasteiger partial charge >= 0.3 is 0 Å². The lowest BCUT2D eigenvalue weighted by Crippen LogP contribution is -2.54. The van der Waals surface area contributed by atoms with E-state index in [2.05, 4.69) is 24.7 Å². The van der Waals surface area contributed by atoms with Crippen LogP contribution in [0, 0.1) is 12.3 Å². The summed E-state index contributed by atoms with van der Waals surface area (Å²) in [6, 6.07) is 10.5. The minimum Gasteiger partial charge on any atom is -0.272 e. The molecule has 0 spiro atoms. The van der Waals surface area contributed by atoms with Gasteiger partial charge in [-0.1, -0.05) is 54.7 Å². The van der Waals surface area contributed by atoms with Crippen LogP contribution in [-0.4, -0.2) is 21.8 Å². The van der Waals surface area contributed by atoms with Crippen LogP contribution in [0.2, 0.25) is 10.0 Å². The van der Waals surface area contributed by atoms with Crippen molar-refractivity contribution < 1.29 is 9.59 Å². The average Bonchev–Trinajstić information content (AvgIpc) is 3.13. The highest BCUT2D eigenvalue weighted by Crippen LogP contribution is 2.67. The first kappa shape index (κ1) is 21.2. The number of carbonyl (C=O) groups excluding carboxylic acids is 2. The Kier molecular flexibility index (Phi) is 4.73. The number of benzene rings is 2. The van der Waals surface area contributed by atoms with Crippen molar-refractivity contribution in [1.29, 1.82) is 0 Å². The number of halogens is 2. The maximum absolute atomic E-state index is 13.6. The summed E-state index contributed by atoms with van der Waals surface area (Å²) in [5, 5.41) is 0.807. The van der Waals surface area contributed by atoms with E-state index < -0.39 is 10.8 Å².